The summed E-state index contributed by atoms with van der Waals surface area (Å²) in [6.45, 7) is 13.2. The Kier molecular flexibility index (Phi) is 11.2. The van der Waals surface area contributed by atoms with Crippen molar-refractivity contribution in [1.82, 2.24) is 0 Å². The van der Waals surface area contributed by atoms with Crippen LogP contribution in [0.15, 0.2) is 209 Å². The number of para-hydroxylation sites is 2. The molecule has 0 unspecified atom stereocenters. The highest BCUT2D eigenvalue weighted by molar-refractivity contribution is 6.09. The molecule has 3 heteroatoms. The Balaban J connectivity index is 1.03. The molecule has 0 spiro atoms. The Morgan fingerprint density at radius 2 is 1.22 bits per heavy atom. The van der Waals surface area contributed by atoms with Crippen molar-refractivity contribution in [3.63, 3.8) is 0 Å². The zero-order valence-corrected chi connectivity index (χ0v) is 40.2. The number of fused-ring (bicyclic) bond motifs is 6. The topological polar surface area (TPSA) is 29.5 Å². The normalized spacial score (nSPS) is 13.7. The number of anilines is 3. The third-order valence-electron chi connectivity index (χ3n) is 14.1. The average Bonchev–Trinajstić information content (AvgIpc) is 4.01. The SMILES string of the molecule is C\C=C/C=c1/oc(/C(=C\CC)c2ccc(N(c3cccc(-c4ccc5c(c4)-c4ccc(-c6ccccc6)cc4C5(C)C)c3)c3cccc(-c4cccc5c4oc4ccccc45)c3)cc2)c(C)/c1=C/C. The number of hydrogen-bond donors (Lipinski definition) is 0. The maximum absolute atomic E-state index is 6.64. The van der Waals surface area contributed by atoms with E-state index in [1.54, 1.807) is 0 Å². The molecule has 0 atom stereocenters. The van der Waals surface area contributed by atoms with E-state index < -0.39 is 0 Å². The molecule has 0 N–H and O–H groups in total. The second-order valence-electron chi connectivity index (χ2n) is 18.6. The summed E-state index contributed by atoms with van der Waals surface area (Å²) in [5.74, 6) is 0.905. The maximum Gasteiger partial charge on any atom is 0.143 e. The predicted octanol–water partition coefficient (Wildman–Crippen LogP) is 17.3. The Morgan fingerprint density at radius 1 is 0.551 bits per heavy atom. The Morgan fingerprint density at radius 3 is 1.99 bits per heavy atom. The van der Waals surface area contributed by atoms with Crippen molar-refractivity contribution in [3.05, 3.63) is 239 Å². The third kappa shape index (κ3) is 7.65. The number of hydrogen-bond acceptors (Lipinski definition) is 3. The second-order valence-corrected chi connectivity index (χ2v) is 18.6. The largest absolute Gasteiger partial charge is 0.456 e. The molecule has 336 valence electrons. The molecule has 2 heterocycles. The lowest BCUT2D eigenvalue weighted by Gasteiger charge is -2.27. The first-order valence-electron chi connectivity index (χ1n) is 24.2. The van der Waals surface area contributed by atoms with E-state index in [1.165, 1.54) is 38.9 Å². The van der Waals surface area contributed by atoms with E-state index in [1.807, 2.05) is 31.2 Å². The molecule has 1 aliphatic rings. The molecule has 0 fully saturated rings. The van der Waals surface area contributed by atoms with Crippen molar-refractivity contribution >= 4 is 56.7 Å². The van der Waals surface area contributed by atoms with Crippen LogP contribution in [0.2, 0.25) is 0 Å². The first-order valence-corrected chi connectivity index (χ1v) is 24.2. The van der Waals surface area contributed by atoms with E-state index in [2.05, 4.69) is 228 Å². The Labute approximate surface area is 405 Å². The van der Waals surface area contributed by atoms with Gasteiger partial charge in [0.1, 0.15) is 22.3 Å². The number of rotatable bonds is 10. The van der Waals surface area contributed by atoms with Gasteiger partial charge in [-0.3, -0.25) is 0 Å². The van der Waals surface area contributed by atoms with Crippen LogP contribution < -0.4 is 15.5 Å². The van der Waals surface area contributed by atoms with Gasteiger partial charge in [0.05, 0.1) is 0 Å². The molecule has 0 aliphatic heterocycles. The van der Waals surface area contributed by atoms with Gasteiger partial charge in [-0.15, -0.1) is 0 Å². The van der Waals surface area contributed by atoms with E-state index >= 15 is 0 Å². The zero-order chi connectivity index (χ0) is 47.2. The minimum atomic E-state index is -0.123. The summed E-state index contributed by atoms with van der Waals surface area (Å²) in [5, 5.41) is 3.36. The molecule has 10 aromatic rings. The van der Waals surface area contributed by atoms with Crippen molar-refractivity contribution in [2.45, 2.75) is 53.4 Å². The van der Waals surface area contributed by atoms with Gasteiger partial charge in [0, 0.05) is 55.2 Å². The fourth-order valence-corrected chi connectivity index (χ4v) is 10.6. The first-order chi connectivity index (χ1) is 33.7. The van der Waals surface area contributed by atoms with Crippen molar-refractivity contribution < 1.29 is 8.83 Å². The van der Waals surface area contributed by atoms with Gasteiger partial charge in [0.15, 0.2) is 0 Å². The van der Waals surface area contributed by atoms with E-state index in [-0.39, 0.29) is 5.41 Å². The first kappa shape index (κ1) is 43.4. The van der Waals surface area contributed by atoms with Gasteiger partial charge >= 0.3 is 0 Å². The highest BCUT2D eigenvalue weighted by atomic mass is 16.3. The molecule has 3 nitrogen and oxygen atoms in total. The standard InChI is InChI=1S/C66H55NO2/c1-7-10-29-62-53(9-3)43(4)64(68-62)54(19-8-2)45-31-35-50(36-32-45)67(52-25-17-23-49(40-52)55-27-18-28-58-57-26-14-15-30-63(57)69-65(55)58)51-24-16-22-46(39-51)47-34-38-60-59(41-47)56-37-33-48(42-61(56)66(60,5)6)44-20-12-11-13-21-44/h7,9-42H,8H2,1-6H3/b10-7-,53-9-,54-19-,62-29+. The minimum Gasteiger partial charge on any atom is -0.456 e. The molecule has 0 saturated carbocycles. The van der Waals surface area contributed by atoms with Crippen molar-refractivity contribution in [3.8, 4) is 44.5 Å². The monoisotopic (exact) mass is 893 g/mol. The second kappa shape index (κ2) is 17.8. The van der Waals surface area contributed by atoms with Gasteiger partial charge in [-0.25, -0.2) is 0 Å². The van der Waals surface area contributed by atoms with E-state index in [0.717, 1.165) is 95.2 Å². The molecular weight excluding hydrogens is 839 g/mol. The predicted molar refractivity (Wildman–Crippen MR) is 292 cm³/mol. The van der Waals surface area contributed by atoms with E-state index in [0.29, 0.717) is 0 Å². The molecular formula is C66H55NO2. The third-order valence-corrected chi connectivity index (χ3v) is 14.1. The van der Waals surface area contributed by atoms with Gasteiger partial charge in [-0.05, 0) is 143 Å². The lowest BCUT2D eigenvalue weighted by atomic mass is 9.81. The van der Waals surface area contributed by atoms with E-state index in [9.17, 15) is 0 Å². The number of nitrogens with zero attached hydrogens (tertiary/aromatic N) is 1. The number of allylic oxidation sites excluding steroid dienone is 3. The molecule has 0 bridgehead atoms. The van der Waals surface area contributed by atoms with Crippen LogP contribution in [0.25, 0.3) is 84.2 Å². The smallest absolute Gasteiger partial charge is 0.143 e. The zero-order valence-electron chi connectivity index (χ0n) is 40.2. The summed E-state index contributed by atoms with van der Waals surface area (Å²) in [6, 6.07) is 66.3. The summed E-state index contributed by atoms with van der Waals surface area (Å²) in [4.78, 5) is 2.38. The lowest BCUT2D eigenvalue weighted by molar-refractivity contribution is 0.517. The molecule has 0 saturated heterocycles. The van der Waals surface area contributed by atoms with E-state index in [4.69, 9.17) is 8.83 Å². The van der Waals surface area contributed by atoms with Crippen LogP contribution >= 0.6 is 0 Å². The van der Waals surface area contributed by atoms with Gasteiger partial charge in [0.2, 0.25) is 0 Å². The molecule has 11 rings (SSSR count). The van der Waals surface area contributed by atoms with Crippen LogP contribution in [0.4, 0.5) is 17.1 Å². The Bertz CT molecular complexity index is 3760. The van der Waals surface area contributed by atoms with Crippen LogP contribution in [-0.2, 0) is 5.41 Å². The van der Waals surface area contributed by atoms with Crippen molar-refractivity contribution in [2.75, 3.05) is 4.90 Å². The molecule has 0 radical (unpaired) electrons. The summed E-state index contributed by atoms with van der Waals surface area (Å²) < 4.78 is 13.2. The van der Waals surface area contributed by atoms with Crippen LogP contribution in [0.3, 0.4) is 0 Å². The molecule has 8 aromatic carbocycles. The highest BCUT2D eigenvalue weighted by Crippen LogP contribution is 2.51. The van der Waals surface area contributed by atoms with Crippen LogP contribution in [0, 0.1) is 6.92 Å². The fraction of sp³-hybridized carbons (Fsp3) is 0.121. The van der Waals surface area contributed by atoms with Crippen molar-refractivity contribution in [1.29, 1.82) is 0 Å². The molecule has 1 aliphatic carbocycles. The number of furan rings is 2. The molecule has 69 heavy (non-hydrogen) atoms. The summed E-state index contributed by atoms with van der Waals surface area (Å²) >= 11 is 0. The summed E-state index contributed by atoms with van der Waals surface area (Å²) in [7, 11) is 0. The van der Waals surface area contributed by atoms with Crippen LogP contribution in [-0.4, -0.2) is 0 Å². The summed E-state index contributed by atoms with van der Waals surface area (Å²) in [6.07, 6.45) is 11.4. The highest BCUT2D eigenvalue weighted by Gasteiger charge is 2.36. The molecule has 2 aromatic heterocycles. The Hall–Kier alpha value is -8.14. The number of benzene rings is 8. The quantitative estimate of drug-likeness (QED) is 0.137. The van der Waals surface area contributed by atoms with Crippen LogP contribution in [0.1, 0.15) is 69.1 Å². The van der Waals surface area contributed by atoms with Gasteiger partial charge < -0.3 is 13.7 Å². The fourth-order valence-electron chi connectivity index (χ4n) is 10.6. The van der Waals surface area contributed by atoms with Crippen molar-refractivity contribution in [2.24, 2.45) is 0 Å². The van der Waals surface area contributed by atoms with Gasteiger partial charge in [-0.2, -0.15) is 0 Å². The van der Waals surface area contributed by atoms with Gasteiger partial charge in [0.25, 0.3) is 0 Å². The summed E-state index contributed by atoms with van der Waals surface area (Å²) in [5.41, 5.74) is 21.3. The minimum absolute atomic E-state index is 0.123. The average molecular weight is 894 g/mol. The van der Waals surface area contributed by atoms with Crippen LogP contribution in [0.5, 0.6) is 0 Å². The van der Waals surface area contributed by atoms with Gasteiger partial charge in [-0.1, -0.05) is 172 Å². The molecule has 0 amide bonds. The maximum atomic E-state index is 6.64. The lowest BCUT2D eigenvalue weighted by Crippen LogP contribution is -2.20.